The third-order valence-corrected chi connectivity index (χ3v) is 6.94. The van der Waals surface area contributed by atoms with Crippen LogP contribution in [0.25, 0.3) is 10.9 Å². The lowest BCUT2D eigenvalue weighted by Gasteiger charge is -2.25. The van der Waals surface area contributed by atoms with Crippen molar-refractivity contribution in [1.82, 2.24) is 20.9 Å². The number of H-pyrrole nitrogens is 1. The average Bonchev–Trinajstić information content (AvgIpc) is 3.34. The third-order valence-electron chi connectivity index (χ3n) is 6.29. The molecular formula is C26H39N9O6S. The molecule has 1 aromatic heterocycles. The van der Waals surface area contributed by atoms with E-state index in [1.807, 2.05) is 30.5 Å². The highest BCUT2D eigenvalue weighted by atomic mass is 32.2. The summed E-state index contributed by atoms with van der Waals surface area (Å²) in [5, 5.41) is 18.3. The van der Waals surface area contributed by atoms with E-state index in [4.69, 9.17) is 22.9 Å². The first-order valence-corrected chi connectivity index (χ1v) is 14.6. The van der Waals surface area contributed by atoms with Gasteiger partial charge in [-0.1, -0.05) is 18.2 Å². The molecule has 42 heavy (non-hydrogen) atoms. The summed E-state index contributed by atoms with van der Waals surface area (Å²) in [5.41, 5.74) is 23.1. The average molecular weight is 606 g/mol. The first-order chi connectivity index (χ1) is 19.9. The number of aliphatic carboxylic acids is 1. The van der Waals surface area contributed by atoms with Crippen LogP contribution in [0.2, 0.25) is 0 Å². The fraction of sp³-hybridized carbons (Fsp3) is 0.462. The zero-order valence-corrected chi connectivity index (χ0v) is 24.1. The van der Waals surface area contributed by atoms with Crippen molar-refractivity contribution in [3.8, 4) is 0 Å². The van der Waals surface area contributed by atoms with Crippen molar-refractivity contribution in [3.63, 3.8) is 0 Å². The lowest BCUT2D eigenvalue weighted by molar-refractivity contribution is -0.142. The summed E-state index contributed by atoms with van der Waals surface area (Å²) in [6.45, 7) is 0.167. The van der Waals surface area contributed by atoms with Crippen LogP contribution in [0.5, 0.6) is 0 Å². The van der Waals surface area contributed by atoms with E-state index in [0.29, 0.717) is 11.3 Å². The SMILES string of the molecule is CSCCC(NC(=O)C(CCCN=C(N)N)NC(=O)C(N)CC(N)=O)C(=O)NC(Cc1c[nH]c2ccccc12)C(=O)O. The molecule has 0 saturated carbocycles. The zero-order chi connectivity index (χ0) is 31.2. The van der Waals surface area contributed by atoms with Crippen LogP contribution in [0.1, 0.15) is 31.2 Å². The molecule has 4 amide bonds. The minimum atomic E-state index is -1.29. The Morgan fingerprint density at radius 3 is 2.19 bits per heavy atom. The molecular weight excluding hydrogens is 566 g/mol. The van der Waals surface area contributed by atoms with E-state index in [-0.39, 0.29) is 38.2 Å². The standard InChI is InChI=1S/C26H39N9O6S/c1-42-10-8-19(24(39)35-20(25(40)41)11-14-13-32-17-6-3-2-5-15(14)17)34-23(38)18(7-4-9-31-26(29)30)33-22(37)16(27)12-21(28)36/h2-3,5-6,13,16,18-20,32H,4,7-12,27H2,1H3,(H2,28,36)(H,33,37)(H,34,38)(H,35,39)(H,40,41)(H4,29,30,31). The molecule has 1 heterocycles. The molecule has 0 aliphatic carbocycles. The normalized spacial score (nSPS) is 13.8. The molecule has 13 N–H and O–H groups in total. The summed E-state index contributed by atoms with van der Waals surface area (Å²) in [4.78, 5) is 69.3. The van der Waals surface area contributed by atoms with Gasteiger partial charge in [0.2, 0.25) is 23.6 Å². The molecule has 230 valence electrons. The number of nitrogens with zero attached hydrogens (tertiary/aromatic N) is 1. The van der Waals surface area contributed by atoms with Crippen LogP contribution in [-0.4, -0.2) is 88.4 Å². The number of nitrogens with one attached hydrogen (secondary N) is 4. The number of primary amides is 1. The van der Waals surface area contributed by atoms with Gasteiger partial charge in [0.25, 0.3) is 0 Å². The van der Waals surface area contributed by atoms with Crippen LogP contribution in [0.3, 0.4) is 0 Å². The summed E-state index contributed by atoms with van der Waals surface area (Å²) in [6.07, 6.45) is 3.64. The number of fused-ring (bicyclic) bond motifs is 1. The number of carboxylic acid groups (broad SMARTS) is 1. The number of carboxylic acids is 1. The molecule has 0 bridgehead atoms. The number of aliphatic imine (C=N–C) groups is 1. The van der Waals surface area contributed by atoms with Gasteiger partial charge in [-0.3, -0.25) is 24.2 Å². The highest BCUT2D eigenvalue weighted by molar-refractivity contribution is 7.98. The second kappa shape index (κ2) is 16.8. The van der Waals surface area contributed by atoms with E-state index in [1.165, 1.54) is 11.8 Å². The molecule has 15 nitrogen and oxygen atoms in total. The van der Waals surface area contributed by atoms with Gasteiger partial charge < -0.3 is 49.0 Å². The van der Waals surface area contributed by atoms with Gasteiger partial charge >= 0.3 is 5.97 Å². The molecule has 0 spiro atoms. The predicted molar refractivity (Wildman–Crippen MR) is 160 cm³/mol. The minimum absolute atomic E-state index is 0.00943. The number of guanidine groups is 1. The Balaban J connectivity index is 2.18. The van der Waals surface area contributed by atoms with Crippen LogP contribution in [-0.2, 0) is 30.4 Å². The van der Waals surface area contributed by atoms with E-state index in [0.717, 1.165) is 10.9 Å². The third kappa shape index (κ3) is 10.9. The largest absolute Gasteiger partial charge is 0.480 e. The van der Waals surface area contributed by atoms with Crippen molar-refractivity contribution >= 4 is 58.2 Å². The molecule has 0 radical (unpaired) electrons. The van der Waals surface area contributed by atoms with Gasteiger partial charge in [-0.05, 0) is 42.9 Å². The topological polar surface area (TPSA) is 274 Å². The number of hydrogen-bond acceptors (Lipinski definition) is 8. The molecule has 1 aromatic carbocycles. The number of rotatable bonds is 18. The Bertz CT molecular complexity index is 1280. The quantitative estimate of drug-likeness (QED) is 0.0525. The van der Waals surface area contributed by atoms with Gasteiger partial charge in [0.15, 0.2) is 5.96 Å². The highest BCUT2D eigenvalue weighted by Gasteiger charge is 2.30. The van der Waals surface area contributed by atoms with E-state index >= 15 is 0 Å². The van der Waals surface area contributed by atoms with Crippen molar-refractivity contribution in [2.45, 2.75) is 56.3 Å². The number of aromatic nitrogens is 1. The second-order valence-electron chi connectivity index (χ2n) is 9.59. The van der Waals surface area contributed by atoms with Crippen molar-refractivity contribution in [1.29, 1.82) is 0 Å². The number of aromatic amines is 1. The fourth-order valence-corrected chi connectivity index (χ4v) is 4.60. The molecule has 0 fully saturated rings. The molecule has 2 aromatic rings. The zero-order valence-electron chi connectivity index (χ0n) is 23.3. The van der Waals surface area contributed by atoms with Crippen molar-refractivity contribution in [2.75, 3.05) is 18.6 Å². The maximum Gasteiger partial charge on any atom is 0.326 e. The van der Waals surface area contributed by atoms with Crippen LogP contribution in [0.15, 0.2) is 35.5 Å². The maximum absolute atomic E-state index is 13.3. The van der Waals surface area contributed by atoms with Crippen molar-refractivity contribution < 1.29 is 29.1 Å². The van der Waals surface area contributed by atoms with Gasteiger partial charge in [-0.15, -0.1) is 0 Å². The number of hydrogen-bond donors (Lipinski definition) is 9. The molecule has 0 aliphatic rings. The molecule has 4 atom stereocenters. The number of amides is 4. The fourth-order valence-electron chi connectivity index (χ4n) is 4.13. The molecule has 0 aliphatic heterocycles. The van der Waals surface area contributed by atoms with Crippen LogP contribution < -0.4 is 38.9 Å². The molecule has 16 heteroatoms. The molecule has 4 unspecified atom stereocenters. The van der Waals surface area contributed by atoms with Crippen molar-refractivity contribution in [2.24, 2.45) is 27.9 Å². The lowest BCUT2D eigenvalue weighted by Crippen LogP contribution is -2.57. The van der Waals surface area contributed by atoms with Gasteiger partial charge in [0, 0.05) is 30.1 Å². The lowest BCUT2D eigenvalue weighted by atomic mass is 10.0. The number of nitrogens with two attached hydrogens (primary N) is 4. The number of thioether (sulfide) groups is 1. The Kier molecular flexibility index (Phi) is 13.6. The Morgan fingerprint density at radius 2 is 1.57 bits per heavy atom. The summed E-state index contributed by atoms with van der Waals surface area (Å²) >= 11 is 1.43. The number of para-hydroxylation sites is 1. The predicted octanol–water partition coefficient (Wildman–Crippen LogP) is -1.74. The second-order valence-corrected chi connectivity index (χ2v) is 10.6. The van der Waals surface area contributed by atoms with E-state index in [9.17, 15) is 29.1 Å². The number of carbonyl (C=O) groups excluding carboxylic acids is 4. The maximum atomic E-state index is 13.3. The van der Waals surface area contributed by atoms with Crippen molar-refractivity contribution in [3.05, 3.63) is 36.0 Å². The van der Waals surface area contributed by atoms with E-state index in [2.05, 4.69) is 25.9 Å². The van der Waals surface area contributed by atoms with Gasteiger partial charge in [-0.25, -0.2) is 4.79 Å². The monoisotopic (exact) mass is 605 g/mol. The first kappa shape index (κ1) is 33.9. The van der Waals surface area contributed by atoms with E-state index < -0.39 is 60.2 Å². The number of carbonyl (C=O) groups is 5. The molecule has 0 saturated heterocycles. The van der Waals surface area contributed by atoms with Crippen LogP contribution in [0.4, 0.5) is 0 Å². The van der Waals surface area contributed by atoms with Gasteiger partial charge in [0.1, 0.15) is 18.1 Å². The minimum Gasteiger partial charge on any atom is -0.480 e. The first-order valence-electron chi connectivity index (χ1n) is 13.2. The smallest absolute Gasteiger partial charge is 0.326 e. The van der Waals surface area contributed by atoms with Crippen LogP contribution in [0, 0.1) is 0 Å². The van der Waals surface area contributed by atoms with Crippen LogP contribution >= 0.6 is 11.8 Å². The molecule has 2 rings (SSSR count). The van der Waals surface area contributed by atoms with Gasteiger partial charge in [-0.2, -0.15) is 11.8 Å². The van der Waals surface area contributed by atoms with Gasteiger partial charge in [0.05, 0.1) is 12.5 Å². The highest BCUT2D eigenvalue weighted by Crippen LogP contribution is 2.19. The summed E-state index contributed by atoms with van der Waals surface area (Å²) in [7, 11) is 0. The Labute approximate surface area is 247 Å². The van der Waals surface area contributed by atoms with E-state index in [1.54, 1.807) is 6.20 Å². The summed E-state index contributed by atoms with van der Waals surface area (Å²) in [6, 6.07) is 2.56. The number of benzene rings is 1. The summed E-state index contributed by atoms with van der Waals surface area (Å²) < 4.78 is 0. The summed E-state index contributed by atoms with van der Waals surface area (Å²) in [5.74, 6) is -3.88. The Hall–Kier alpha value is -4.31. The Morgan fingerprint density at radius 1 is 0.952 bits per heavy atom.